The number of fused-ring (bicyclic) bond motifs is 1. The number of rotatable bonds is 3. The molecular formula is C18H14F3NO2S. The lowest BCUT2D eigenvalue weighted by atomic mass is 10.1. The third-order valence-electron chi connectivity index (χ3n) is 3.94. The fourth-order valence-corrected chi connectivity index (χ4v) is 3.72. The highest BCUT2D eigenvalue weighted by molar-refractivity contribution is 7.92. The molecule has 0 atom stereocenters. The van der Waals surface area contributed by atoms with Crippen molar-refractivity contribution in [2.45, 2.75) is 11.1 Å². The smallest absolute Gasteiger partial charge is 0.269 e. The first-order valence-corrected chi connectivity index (χ1v) is 8.78. The fourth-order valence-electron chi connectivity index (χ4n) is 2.49. The largest absolute Gasteiger partial charge is 0.416 e. The van der Waals surface area contributed by atoms with E-state index < -0.39 is 21.8 Å². The molecule has 0 aliphatic heterocycles. The van der Waals surface area contributed by atoms with Gasteiger partial charge in [-0.1, -0.05) is 30.3 Å². The average molecular weight is 365 g/mol. The second-order valence-corrected chi connectivity index (χ2v) is 7.50. The zero-order chi connectivity index (χ0) is 18.2. The molecule has 7 heteroatoms. The molecule has 0 saturated heterocycles. The first-order valence-electron chi connectivity index (χ1n) is 7.34. The van der Waals surface area contributed by atoms with E-state index in [1.807, 2.05) is 12.1 Å². The summed E-state index contributed by atoms with van der Waals surface area (Å²) in [5.41, 5.74) is -0.672. The van der Waals surface area contributed by atoms with Gasteiger partial charge in [0.25, 0.3) is 10.0 Å². The maximum Gasteiger partial charge on any atom is 0.416 e. The Bertz CT molecular complexity index is 1010. The predicted molar refractivity (Wildman–Crippen MR) is 91.0 cm³/mol. The Labute approximate surface area is 143 Å². The lowest BCUT2D eigenvalue weighted by Crippen LogP contribution is -2.26. The molecule has 0 radical (unpaired) electrons. The minimum atomic E-state index is -4.46. The molecule has 0 amide bonds. The van der Waals surface area contributed by atoms with Gasteiger partial charge in [-0.2, -0.15) is 13.2 Å². The van der Waals surface area contributed by atoms with Crippen molar-refractivity contribution in [3.63, 3.8) is 0 Å². The van der Waals surface area contributed by atoms with Crippen molar-refractivity contribution in [2.24, 2.45) is 0 Å². The third kappa shape index (κ3) is 3.32. The number of hydrogen-bond acceptors (Lipinski definition) is 2. The average Bonchev–Trinajstić information content (AvgIpc) is 2.60. The Hall–Kier alpha value is -2.54. The second kappa shape index (κ2) is 6.07. The highest BCUT2D eigenvalue weighted by Gasteiger charge is 2.30. The molecule has 0 bridgehead atoms. The number of anilines is 1. The second-order valence-electron chi connectivity index (χ2n) is 5.53. The lowest BCUT2D eigenvalue weighted by Gasteiger charge is -2.20. The molecule has 3 aromatic rings. The summed E-state index contributed by atoms with van der Waals surface area (Å²) in [7, 11) is -2.57. The number of benzene rings is 3. The standard InChI is InChI=1S/C18H14F3NO2S/c1-22(16-9-7-15(8-10-16)18(19,20)21)25(23,24)17-11-6-13-4-2-3-5-14(13)12-17/h2-12H,1H3. The minimum Gasteiger partial charge on any atom is -0.269 e. The topological polar surface area (TPSA) is 37.4 Å². The quantitative estimate of drug-likeness (QED) is 0.676. The molecule has 0 aromatic heterocycles. The summed E-state index contributed by atoms with van der Waals surface area (Å²) < 4.78 is 64.4. The Morgan fingerprint density at radius 3 is 2.04 bits per heavy atom. The van der Waals surface area contributed by atoms with Crippen molar-refractivity contribution in [1.29, 1.82) is 0 Å². The van der Waals surface area contributed by atoms with Crippen molar-refractivity contribution >= 4 is 26.5 Å². The van der Waals surface area contributed by atoms with Crippen LogP contribution < -0.4 is 4.31 Å². The maximum atomic E-state index is 12.8. The van der Waals surface area contributed by atoms with E-state index in [1.54, 1.807) is 24.3 Å². The van der Waals surface area contributed by atoms with Gasteiger partial charge in [0, 0.05) is 7.05 Å². The van der Waals surface area contributed by atoms with Gasteiger partial charge in [0.1, 0.15) is 0 Å². The molecule has 0 spiro atoms. The molecule has 0 saturated carbocycles. The summed E-state index contributed by atoms with van der Waals surface area (Å²) in [6.45, 7) is 0. The summed E-state index contributed by atoms with van der Waals surface area (Å²) in [5, 5.41) is 1.67. The van der Waals surface area contributed by atoms with Gasteiger partial charge in [-0.15, -0.1) is 0 Å². The zero-order valence-electron chi connectivity index (χ0n) is 13.2. The molecule has 25 heavy (non-hydrogen) atoms. The van der Waals surface area contributed by atoms with Gasteiger partial charge >= 0.3 is 6.18 Å². The summed E-state index contributed by atoms with van der Waals surface area (Å²) in [4.78, 5) is 0.0774. The molecule has 0 N–H and O–H groups in total. The molecular weight excluding hydrogens is 351 g/mol. The molecule has 0 unspecified atom stereocenters. The highest BCUT2D eigenvalue weighted by Crippen LogP contribution is 2.31. The van der Waals surface area contributed by atoms with Crippen LogP contribution in [-0.4, -0.2) is 15.5 Å². The normalized spacial score (nSPS) is 12.3. The fraction of sp³-hybridized carbons (Fsp3) is 0.111. The SMILES string of the molecule is CN(c1ccc(C(F)(F)F)cc1)S(=O)(=O)c1ccc2ccccc2c1. The number of hydrogen-bond donors (Lipinski definition) is 0. The molecule has 3 rings (SSSR count). The van der Waals surface area contributed by atoms with E-state index in [4.69, 9.17) is 0 Å². The van der Waals surface area contributed by atoms with E-state index in [2.05, 4.69) is 0 Å². The van der Waals surface area contributed by atoms with E-state index in [1.165, 1.54) is 13.1 Å². The highest BCUT2D eigenvalue weighted by atomic mass is 32.2. The van der Waals surface area contributed by atoms with Crippen molar-refractivity contribution in [1.82, 2.24) is 0 Å². The molecule has 0 aliphatic rings. The van der Waals surface area contributed by atoms with E-state index >= 15 is 0 Å². The van der Waals surface area contributed by atoms with Crippen LogP contribution in [0.2, 0.25) is 0 Å². The molecule has 3 nitrogen and oxygen atoms in total. The van der Waals surface area contributed by atoms with Crippen molar-refractivity contribution in [3.05, 3.63) is 72.3 Å². The summed E-state index contributed by atoms with van der Waals surface area (Å²) in [5.74, 6) is 0. The van der Waals surface area contributed by atoms with Crippen LogP contribution in [0.15, 0.2) is 71.6 Å². The van der Waals surface area contributed by atoms with Gasteiger partial charge in [0.2, 0.25) is 0 Å². The maximum absolute atomic E-state index is 12.8. The number of sulfonamides is 1. The van der Waals surface area contributed by atoms with E-state index in [-0.39, 0.29) is 10.6 Å². The summed E-state index contributed by atoms with van der Waals surface area (Å²) >= 11 is 0. The Kier molecular flexibility index (Phi) is 4.20. The first kappa shape index (κ1) is 17.3. The number of halogens is 3. The minimum absolute atomic E-state index is 0.0774. The van der Waals surface area contributed by atoms with Gasteiger partial charge in [-0.05, 0) is 47.2 Å². The van der Waals surface area contributed by atoms with Crippen LogP contribution in [0, 0.1) is 0 Å². The third-order valence-corrected chi connectivity index (χ3v) is 5.72. The van der Waals surface area contributed by atoms with Gasteiger partial charge < -0.3 is 0 Å². The molecule has 0 aliphatic carbocycles. The van der Waals surface area contributed by atoms with Crippen LogP contribution in [0.3, 0.4) is 0 Å². The van der Waals surface area contributed by atoms with Crippen molar-refractivity contribution < 1.29 is 21.6 Å². The van der Waals surface area contributed by atoms with Crippen molar-refractivity contribution in [3.8, 4) is 0 Å². The number of alkyl halides is 3. The van der Waals surface area contributed by atoms with Gasteiger partial charge in [0.15, 0.2) is 0 Å². The van der Waals surface area contributed by atoms with E-state index in [0.29, 0.717) is 0 Å². The summed E-state index contributed by atoms with van der Waals surface area (Å²) in [6.07, 6.45) is -4.46. The molecule has 130 valence electrons. The lowest BCUT2D eigenvalue weighted by molar-refractivity contribution is -0.137. The Morgan fingerprint density at radius 2 is 1.44 bits per heavy atom. The van der Waals surface area contributed by atoms with Gasteiger partial charge in [-0.25, -0.2) is 8.42 Å². The van der Waals surface area contributed by atoms with Crippen LogP contribution in [0.25, 0.3) is 10.8 Å². The Balaban J connectivity index is 1.97. The van der Waals surface area contributed by atoms with Crippen LogP contribution in [0.1, 0.15) is 5.56 Å². The first-order chi connectivity index (χ1) is 11.7. The molecule has 0 fully saturated rings. The number of nitrogens with zero attached hydrogens (tertiary/aromatic N) is 1. The zero-order valence-corrected chi connectivity index (χ0v) is 14.0. The van der Waals surface area contributed by atoms with Crippen LogP contribution in [0.4, 0.5) is 18.9 Å². The molecule has 0 heterocycles. The van der Waals surface area contributed by atoms with Crippen LogP contribution in [0.5, 0.6) is 0 Å². The van der Waals surface area contributed by atoms with Crippen LogP contribution in [-0.2, 0) is 16.2 Å². The predicted octanol–water partition coefficient (Wildman–Crippen LogP) is 4.68. The van der Waals surface area contributed by atoms with Gasteiger partial charge in [-0.3, -0.25) is 4.31 Å². The summed E-state index contributed by atoms with van der Waals surface area (Å²) in [6, 6.07) is 16.1. The van der Waals surface area contributed by atoms with Crippen LogP contribution >= 0.6 is 0 Å². The van der Waals surface area contributed by atoms with Crippen molar-refractivity contribution in [2.75, 3.05) is 11.4 Å². The molecule has 3 aromatic carbocycles. The Morgan fingerprint density at radius 1 is 0.840 bits per heavy atom. The van der Waals surface area contributed by atoms with E-state index in [9.17, 15) is 21.6 Å². The van der Waals surface area contributed by atoms with Gasteiger partial charge in [0.05, 0.1) is 16.1 Å². The van der Waals surface area contributed by atoms with E-state index in [0.717, 1.165) is 39.3 Å². The monoisotopic (exact) mass is 365 g/mol.